The topological polar surface area (TPSA) is 45.2 Å². The van der Waals surface area contributed by atoms with E-state index in [1.165, 1.54) is 6.07 Å². The molecule has 0 fully saturated rings. The molecule has 17 heavy (non-hydrogen) atoms. The Bertz CT molecular complexity index is 407. The van der Waals surface area contributed by atoms with Gasteiger partial charge in [-0.3, -0.25) is 4.79 Å². The Morgan fingerprint density at radius 3 is 2.76 bits per heavy atom. The van der Waals surface area contributed by atoms with Gasteiger partial charge in [0.2, 0.25) is 0 Å². The van der Waals surface area contributed by atoms with Crippen LogP contribution in [0.4, 0.5) is 10.2 Å². The van der Waals surface area contributed by atoms with Crippen molar-refractivity contribution in [1.82, 2.24) is 9.88 Å². The number of pyridine rings is 1. The molecule has 0 saturated carbocycles. The van der Waals surface area contributed by atoms with Crippen molar-refractivity contribution in [2.45, 2.75) is 26.8 Å². The number of hydrogen-bond donors (Lipinski definition) is 1. The minimum Gasteiger partial charge on any atom is -0.370 e. The Labute approximate surface area is 101 Å². The van der Waals surface area contributed by atoms with Gasteiger partial charge in [0.05, 0.1) is 11.8 Å². The summed E-state index contributed by atoms with van der Waals surface area (Å²) in [7, 11) is 1.69. The van der Waals surface area contributed by atoms with E-state index in [2.05, 4.69) is 10.3 Å². The summed E-state index contributed by atoms with van der Waals surface area (Å²) in [5, 5.41) is 2.95. The monoisotopic (exact) mass is 239 g/mol. The van der Waals surface area contributed by atoms with Crippen molar-refractivity contribution >= 4 is 11.7 Å². The molecule has 5 heteroatoms. The lowest BCUT2D eigenvalue weighted by Gasteiger charge is -2.22. The molecule has 0 aliphatic heterocycles. The third kappa shape index (κ3) is 3.15. The second-order valence-electron chi connectivity index (χ2n) is 4.09. The molecule has 0 atom stereocenters. The third-order valence-corrected chi connectivity index (χ3v) is 2.52. The number of rotatable bonds is 4. The first-order chi connectivity index (χ1) is 7.97. The SMILES string of the molecule is CCNc1ncc(F)cc1C(=O)N(C)C(C)C. The second-order valence-corrected chi connectivity index (χ2v) is 4.09. The average Bonchev–Trinajstić information content (AvgIpc) is 2.29. The van der Waals surface area contributed by atoms with Crippen molar-refractivity contribution in [1.29, 1.82) is 0 Å². The van der Waals surface area contributed by atoms with Crippen molar-refractivity contribution in [3.63, 3.8) is 0 Å². The molecular formula is C12H18FN3O. The number of anilines is 1. The fourth-order valence-electron chi connectivity index (χ4n) is 1.34. The Morgan fingerprint density at radius 2 is 2.24 bits per heavy atom. The van der Waals surface area contributed by atoms with Crippen LogP contribution in [0, 0.1) is 5.82 Å². The van der Waals surface area contributed by atoms with Crippen LogP contribution in [0.3, 0.4) is 0 Å². The van der Waals surface area contributed by atoms with Gasteiger partial charge in [-0.1, -0.05) is 0 Å². The number of hydrogen-bond acceptors (Lipinski definition) is 3. The number of carbonyl (C=O) groups excluding carboxylic acids is 1. The van der Waals surface area contributed by atoms with E-state index in [9.17, 15) is 9.18 Å². The Balaban J connectivity index is 3.10. The van der Waals surface area contributed by atoms with E-state index in [0.29, 0.717) is 12.4 Å². The van der Waals surface area contributed by atoms with Gasteiger partial charge in [-0.05, 0) is 26.8 Å². The molecule has 1 aromatic heterocycles. The summed E-state index contributed by atoms with van der Waals surface area (Å²) < 4.78 is 13.2. The Kier molecular flexibility index (Phi) is 4.43. The van der Waals surface area contributed by atoms with Crippen LogP contribution in [0.1, 0.15) is 31.1 Å². The summed E-state index contributed by atoms with van der Waals surface area (Å²) in [6.07, 6.45) is 1.10. The van der Waals surface area contributed by atoms with Crippen LogP contribution in [-0.2, 0) is 0 Å². The fraction of sp³-hybridized carbons (Fsp3) is 0.500. The van der Waals surface area contributed by atoms with Gasteiger partial charge in [0.25, 0.3) is 5.91 Å². The molecule has 0 spiro atoms. The zero-order chi connectivity index (χ0) is 13.0. The van der Waals surface area contributed by atoms with E-state index in [-0.39, 0.29) is 17.5 Å². The molecule has 0 bridgehead atoms. The summed E-state index contributed by atoms with van der Waals surface area (Å²) >= 11 is 0. The largest absolute Gasteiger partial charge is 0.370 e. The van der Waals surface area contributed by atoms with E-state index in [4.69, 9.17) is 0 Å². The summed E-state index contributed by atoms with van der Waals surface area (Å²) in [5.41, 5.74) is 0.267. The smallest absolute Gasteiger partial charge is 0.257 e. The minimum atomic E-state index is -0.507. The minimum absolute atomic E-state index is 0.0558. The number of nitrogens with zero attached hydrogens (tertiary/aromatic N) is 2. The molecular weight excluding hydrogens is 221 g/mol. The first-order valence-electron chi connectivity index (χ1n) is 5.64. The van der Waals surface area contributed by atoms with Crippen molar-refractivity contribution in [2.75, 3.05) is 18.9 Å². The van der Waals surface area contributed by atoms with Crippen LogP contribution < -0.4 is 5.32 Å². The van der Waals surface area contributed by atoms with E-state index in [0.717, 1.165) is 6.20 Å². The van der Waals surface area contributed by atoms with Crippen molar-refractivity contribution < 1.29 is 9.18 Å². The van der Waals surface area contributed by atoms with Crippen LogP contribution in [0.25, 0.3) is 0 Å². The number of amides is 1. The van der Waals surface area contributed by atoms with Gasteiger partial charge in [0, 0.05) is 19.6 Å². The molecule has 1 amide bonds. The van der Waals surface area contributed by atoms with Crippen molar-refractivity contribution in [2.24, 2.45) is 0 Å². The molecule has 0 saturated heterocycles. The van der Waals surface area contributed by atoms with E-state index in [1.54, 1.807) is 11.9 Å². The summed E-state index contributed by atoms with van der Waals surface area (Å²) in [6.45, 7) is 6.32. The maximum Gasteiger partial charge on any atom is 0.257 e. The van der Waals surface area contributed by atoms with Gasteiger partial charge < -0.3 is 10.2 Å². The Morgan fingerprint density at radius 1 is 1.59 bits per heavy atom. The molecule has 4 nitrogen and oxygen atoms in total. The lowest BCUT2D eigenvalue weighted by atomic mass is 10.2. The molecule has 1 N–H and O–H groups in total. The molecule has 0 aliphatic rings. The normalized spacial score (nSPS) is 10.5. The van der Waals surface area contributed by atoms with E-state index in [1.807, 2.05) is 20.8 Å². The van der Waals surface area contributed by atoms with Gasteiger partial charge >= 0.3 is 0 Å². The molecule has 0 aliphatic carbocycles. The zero-order valence-corrected chi connectivity index (χ0v) is 10.6. The van der Waals surface area contributed by atoms with Gasteiger partial charge in [-0.2, -0.15) is 0 Å². The molecule has 1 rings (SSSR count). The number of halogens is 1. The standard InChI is InChI=1S/C12H18FN3O/c1-5-14-11-10(6-9(13)7-15-11)12(17)16(4)8(2)3/h6-8H,5H2,1-4H3,(H,14,15). The van der Waals surface area contributed by atoms with E-state index < -0.39 is 5.82 Å². The van der Waals surface area contributed by atoms with Crippen LogP contribution >= 0.6 is 0 Å². The van der Waals surface area contributed by atoms with Crippen molar-refractivity contribution in [3.05, 3.63) is 23.6 Å². The summed E-state index contributed by atoms with van der Waals surface area (Å²) in [5.74, 6) is -0.318. The summed E-state index contributed by atoms with van der Waals surface area (Å²) in [6, 6.07) is 1.27. The van der Waals surface area contributed by atoms with Gasteiger partial charge in [-0.15, -0.1) is 0 Å². The van der Waals surface area contributed by atoms with Gasteiger partial charge in [0.1, 0.15) is 11.6 Å². The highest BCUT2D eigenvalue weighted by atomic mass is 19.1. The van der Waals surface area contributed by atoms with Crippen LogP contribution in [0.2, 0.25) is 0 Å². The molecule has 1 aromatic rings. The number of nitrogens with one attached hydrogen (secondary N) is 1. The molecule has 0 unspecified atom stereocenters. The van der Waals surface area contributed by atoms with Crippen LogP contribution in [-0.4, -0.2) is 35.4 Å². The van der Waals surface area contributed by atoms with Crippen LogP contribution in [0.15, 0.2) is 12.3 Å². The average molecular weight is 239 g/mol. The third-order valence-electron chi connectivity index (χ3n) is 2.52. The van der Waals surface area contributed by atoms with E-state index >= 15 is 0 Å². The van der Waals surface area contributed by atoms with Crippen molar-refractivity contribution in [3.8, 4) is 0 Å². The zero-order valence-electron chi connectivity index (χ0n) is 10.6. The lowest BCUT2D eigenvalue weighted by Crippen LogP contribution is -2.33. The molecule has 94 valence electrons. The highest BCUT2D eigenvalue weighted by Gasteiger charge is 2.19. The molecule has 0 radical (unpaired) electrons. The quantitative estimate of drug-likeness (QED) is 0.875. The predicted molar refractivity (Wildman–Crippen MR) is 65.6 cm³/mol. The maximum absolute atomic E-state index is 13.2. The highest BCUT2D eigenvalue weighted by Crippen LogP contribution is 2.16. The predicted octanol–water partition coefficient (Wildman–Crippen LogP) is 2.13. The lowest BCUT2D eigenvalue weighted by molar-refractivity contribution is 0.0755. The number of carbonyl (C=O) groups is 1. The second kappa shape index (κ2) is 5.61. The fourth-order valence-corrected chi connectivity index (χ4v) is 1.34. The number of aromatic nitrogens is 1. The van der Waals surface area contributed by atoms with Crippen LogP contribution in [0.5, 0.6) is 0 Å². The van der Waals surface area contributed by atoms with Gasteiger partial charge in [-0.25, -0.2) is 9.37 Å². The maximum atomic E-state index is 13.2. The first kappa shape index (κ1) is 13.4. The summed E-state index contributed by atoms with van der Waals surface area (Å²) in [4.78, 5) is 17.6. The van der Waals surface area contributed by atoms with Gasteiger partial charge in [0.15, 0.2) is 0 Å². The Hall–Kier alpha value is -1.65. The first-order valence-corrected chi connectivity index (χ1v) is 5.64. The highest BCUT2D eigenvalue weighted by molar-refractivity contribution is 5.98. The molecule has 0 aromatic carbocycles. The molecule has 1 heterocycles.